The molecule has 0 spiro atoms. The molecule has 0 aliphatic heterocycles. The van der Waals surface area contributed by atoms with E-state index in [4.69, 9.17) is 4.74 Å². The zero-order valence-electron chi connectivity index (χ0n) is 12.8. The number of carbonyl (C=O) groups excluding carboxylic acids is 1. The van der Waals surface area contributed by atoms with Gasteiger partial charge in [0, 0.05) is 16.0 Å². The van der Waals surface area contributed by atoms with Gasteiger partial charge in [-0.25, -0.2) is 9.78 Å². The molecule has 2 aromatic heterocycles. The highest BCUT2D eigenvalue weighted by Gasteiger charge is 2.16. The number of imidazole rings is 1. The molecule has 1 amide bonds. The third-order valence-corrected chi connectivity index (χ3v) is 3.72. The Bertz CT molecular complexity index is 610. The number of hydrogen-bond acceptors (Lipinski definition) is 4. The van der Waals surface area contributed by atoms with E-state index in [0.717, 1.165) is 12.2 Å². The summed E-state index contributed by atoms with van der Waals surface area (Å²) in [6.45, 7) is 8.79. The van der Waals surface area contributed by atoms with Crippen LogP contribution in [0.3, 0.4) is 0 Å². The first-order chi connectivity index (χ1) is 9.83. The van der Waals surface area contributed by atoms with E-state index >= 15 is 0 Å². The largest absolute Gasteiger partial charge is 0.444 e. The predicted octanol–water partition coefficient (Wildman–Crippen LogP) is 3.33. The van der Waals surface area contributed by atoms with Crippen molar-refractivity contribution >= 4 is 17.4 Å². The van der Waals surface area contributed by atoms with Crippen LogP contribution in [0.1, 0.15) is 36.2 Å². The van der Waals surface area contributed by atoms with Crippen LogP contribution < -0.4 is 5.32 Å². The van der Waals surface area contributed by atoms with Gasteiger partial charge in [-0.1, -0.05) is 0 Å². The molecule has 0 atom stereocenters. The topological polar surface area (TPSA) is 56.2 Å². The Hall–Kier alpha value is -1.82. The summed E-state index contributed by atoms with van der Waals surface area (Å²) in [6.07, 6.45) is 3.13. The van der Waals surface area contributed by atoms with Crippen LogP contribution in [0.5, 0.6) is 0 Å². The Kier molecular flexibility index (Phi) is 4.67. The molecule has 21 heavy (non-hydrogen) atoms. The number of alkyl carbamates (subject to hydrolysis) is 1. The van der Waals surface area contributed by atoms with Crippen molar-refractivity contribution in [3.05, 3.63) is 40.1 Å². The van der Waals surface area contributed by atoms with E-state index in [2.05, 4.69) is 29.4 Å². The van der Waals surface area contributed by atoms with Crippen LogP contribution in [0.2, 0.25) is 0 Å². The molecular weight excluding hydrogens is 286 g/mol. The van der Waals surface area contributed by atoms with E-state index < -0.39 is 11.7 Å². The lowest BCUT2D eigenvalue weighted by Gasteiger charge is -2.19. The molecule has 2 rings (SSSR count). The molecule has 0 aromatic carbocycles. The zero-order chi connectivity index (χ0) is 15.5. The predicted molar refractivity (Wildman–Crippen MR) is 83.5 cm³/mol. The Morgan fingerprint density at radius 3 is 2.81 bits per heavy atom. The molecule has 6 heteroatoms. The summed E-state index contributed by atoms with van der Waals surface area (Å²) < 4.78 is 7.25. The number of aryl methyl sites for hydroxylation is 1. The van der Waals surface area contributed by atoms with Crippen molar-refractivity contribution in [2.75, 3.05) is 0 Å². The molecule has 0 bridgehead atoms. The van der Waals surface area contributed by atoms with Gasteiger partial charge in [0.25, 0.3) is 0 Å². The van der Waals surface area contributed by atoms with E-state index in [1.165, 1.54) is 9.75 Å². The van der Waals surface area contributed by atoms with Crippen molar-refractivity contribution in [1.82, 2.24) is 14.9 Å². The number of hydrogen-bond donors (Lipinski definition) is 1. The summed E-state index contributed by atoms with van der Waals surface area (Å²) in [4.78, 5) is 18.4. The van der Waals surface area contributed by atoms with Gasteiger partial charge in [0.1, 0.15) is 5.60 Å². The van der Waals surface area contributed by atoms with Crippen LogP contribution in [0.4, 0.5) is 4.79 Å². The average molecular weight is 307 g/mol. The lowest BCUT2D eigenvalue weighted by molar-refractivity contribution is 0.0522. The molecule has 0 aliphatic carbocycles. The summed E-state index contributed by atoms with van der Waals surface area (Å²) in [7, 11) is 0. The first kappa shape index (κ1) is 15.6. The Balaban J connectivity index is 1.93. The second-order valence-corrected chi connectivity index (χ2v) is 7.25. The molecule has 114 valence electrons. The minimum Gasteiger partial charge on any atom is -0.444 e. The fourth-order valence-electron chi connectivity index (χ4n) is 1.85. The summed E-state index contributed by atoms with van der Waals surface area (Å²) in [5, 5.41) is 2.75. The van der Waals surface area contributed by atoms with Gasteiger partial charge in [-0.05, 0) is 39.8 Å². The fraction of sp³-hybridized carbons (Fsp3) is 0.467. The van der Waals surface area contributed by atoms with Crippen LogP contribution in [0.25, 0.3) is 0 Å². The second-order valence-electron chi connectivity index (χ2n) is 5.88. The monoisotopic (exact) mass is 307 g/mol. The van der Waals surface area contributed by atoms with Gasteiger partial charge < -0.3 is 14.6 Å². The van der Waals surface area contributed by atoms with Crippen molar-refractivity contribution in [2.24, 2.45) is 0 Å². The lowest BCUT2D eigenvalue weighted by Crippen LogP contribution is -2.32. The number of rotatable bonds is 4. The first-order valence-corrected chi connectivity index (χ1v) is 7.66. The van der Waals surface area contributed by atoms with Gasteiger partial charge >= 0.3 is 6.09 Å². The SMILES string of the molecule is Cc1ccc(Cn2cncc2CNC(=O)OC(C)(C)C)s1. The van der Waals surface area contributed by atoms with Gasteiger partial charge in [0.05, 0.1) is 25.1 Å². The maximum absolute atomic E-state index is 11.7. The van der Waals surface area contributed by atoms with Crippen molar-refractivity contribution in [3.8, 4) is 0 Å². The average Bonchev–Trinajstić information content (AvgIpc) is 2.94. The number of amides is 1. The van der Waals surface area contributed by atoms with Crippen LogP contribution in [0.15, 0.2) is 24.7 Å². The molecule has 2 heterocycles. The van der Waals surface area contributed by atoms with E-state index in [-0.39, 0.29) is 0 Å². The summed E-state index contributed by atoms with van der Waals surface area (Å²) in [6, 6.07) is 4.22. The van der Waals surface area contributed by atoms with Gasteiger partial charge in [0.15, 0.2) is 0 Å². The van der Waals surface area contributed by atoms with Crippen molar-refractivity contribution in [3.63, 3.8) is 0 Å². The van der Waals surface area contributed by atoms with Gasteiger partial charge in [-0.15, -0.1) is 11.3 Å². The minimum atomic E-state index is -0.487. The number of aromatic nitrogens is 2. The molecule has 2 aromatic rings. The number of carbonyl (C=O) groups is 1. The van der Waals surface area contributed by atoms with E-state index in [1.54, 1.807) is 23.9 Å². The maximum atomic E-state index is 11.7. The van der Waals surface area contributed by atoms with Crippen LogP contribution >= 0.6 is 11.3 Å². The van der Waals surface area contributed by atoms with Gasteiger partial charge in [-0.2, -0.15) is 0 Å². The molecule has 0 saturated carbocycles. The lowest BCUT2D eigenvalue weighted by atomic mass is 10.2. The molecular formula is C15H21N3O2S. The Morgan fingerprint density at radius 2 is 2.19 bits per heavy atom. The highest BCUT2D eigenvalue weighted by molar-refractivity contribution is 7.11. The highest BCUT2D eigenvalue weighted by atomic mass is 32.1. The third-order valence-electron chi connectivity index (χ3n) is 2.73. The quantitative estimate of drug-likeness (QED) is 0.942. The summed E-state index contributed by atoms with van der Waals surface area (Å²) >= 11 is 1.77. The van der Waals surface area contributed by atoms with Gasteiger partial charge in [0.2, 0.25) is 0 Å². The molecule has 5 nitrogen and oxygen atoms in total. The molecule has 0 saturated heterocycles. The van der Waals surface area contributed by atoms with Crippen molar-refractivity contribution < 1.29 is 9.53 Å². The number of ether oxygens (including phenoxy) is 1. The van der Waals surface area contributed by atoms with E-state index in [1.807, 2.05) is 25.3 Å². The van der Waals surface area contributed by atoms with Crippen LogP contribution in [-0.2, 0) is 17.8 Å². The molecule has 0 radical (unpaired) electrons. The number of nitrogens with zero attached hydrogens (tertiary/aromatic N) is 2. The minimum absolute atomic E-state index is 0.402. The van der Waals surface area contributed by atoms with Crippen molar-refractivity contribution in [2.45, 2.75) is 46.4 Å². The Labute approximate surface area is 129 Å². The van der Waals surface area contributed by atoms with Gasteiger partial charge in [-0.3, -0.25) is 0 Å². The zero-order valence-corrected chi connectivity index (χ0v) is 13.7. The maximum Gasteiger partial charge on any atom is 0.407 e. The standard InChI is InChI=1S/C15H21N3O2S/c1-11-5-6-13(21-11)9-18-10-16-7-12(18)8-17-14(19)20-15(2,3)4/h5-7,10H,8-9H2,1-4H3,(H,17,19). The van der Waals surface area contributed by atoms with Crippen LogP contribution in [0, 0.1) is 6.92 Å². The molecule has 0 aliphatic rings. The number of thiophene rings is 1. The molecule has 1 N–H and O–H groups in total. The fourth-order valence-corrected chi connectivity index (χ4v) is 2.74. The van der Waals surface area contributed by atoms with Crippen LogP contribution in [-0.4, -0.2) is 21.2 Å². The highest BCUT2D eigenvalue weighted by Crippen LogP contribution is 2.17. The first-order valence-electron chi connectivity index (χ1n) is 6.85. The summed E-state index contributed by atoms with van der Waals surface area (Å²) in [5.74, 6) is 0. The van der Waals surface area contributed by atoms with E-state index in [0.29, 0.717) is 6.54 Å². The molecule has 0 unspecified atom stereocenters. The molecule has 0 fully saturated rings. The smallest absolute Gasteiger partial charge is 0.407 e. The summed E-state index contributed by atoms with van der Waals surface area (Å²) in [5.41, 5.74) is 0.464. The normalized spacial score (nSPS) is 11.4. The van der Waals surface area contributed by atoms with E-state index in [9.17, 15) is 4.79 Å². The van der Waals surface area contributed by atoms with Crippen molar-refractivity contribution in [1.29, 1.82) is 0 Å². The second kappa shape index (κ2) is 6.30. The Morgan fingerprint density at radius 1 is 1.43 bits per heavy atom. The number of nitrogens with one attached hydrogen (secondary N) is 1. The third kappa shape index (κ3) is 4.90.